The molecular weight excluding hydrogens is 723 g/mol. The molecule has 0 unspecified atom stereocenters. The molecule has 0 saturated heterocycles. The molecule has 0 aliphatic heterocycles. The maximum Gasteiger partial charge on any atom is 0.0726 e. The summed E-state index contributed by atoms with van der Waals surface area (Å²) in [5.74, 6) is 0. The van der Waals surface area contributed by atoms with E-state index < -0.39 is 5.41 Å². The van der Waals surface area contributed by atoms with E-state index >= 15 is 0 Å². The van der Waals surface area contributed by atoms with Crippen LogP contribution < -0.4 is 4.90 Å². The number of fused-ring (bicyclic) bond motifs is 17. The number of benzene rings is 11. The Morgan fingerprint density at radius 1 is 0.250 bits per heavy atom. The molecule has 1 heteroatoms. The second-order valence-electron chi connectivity index (χ2n) is 16.4. The molecule has 0 fully saturated rings. The largest absolute Gasteiger partial charge is 0.310 e. The molecule has 1 spiro atoms. The third-order valence-corrected chi connectivity index (χ3v) is 13.4. The first-order chi connectivity index (χ1) is 29.8. The van der Waals surface area contributed by atoms with Crippen LogP contribution in [0.3, 0.4) is 0 Å². The average molecular weight is 760 g/mol. The number of rotatable bonds is 4. The Hall–Kier alpha value is -7.74. The molecule has 13 rings (SSSR count). The van der Waals surface area contributed by atoms with E-state index in [0.29, 0.717) is 0 Å². The fourth-order valence-electron chi connectivity index (χ4n) is 10.9. The molecule has 0 saturated carbocycles. The average Bonchev–Trinajstić information content (AvgIpc) is 3.79. The van der Waals surface area contributed by atoms with E-state index in [1.165, 1.54) is 98.7 Å². The summed E-state index contributed by atoms with van der Waals surface area (Å²) in [6.45, 7) is 0. The molecule has 0 atom stereocenters. The normalized spacial score (nSPS) is 13.1. The maximum atomic E-state index is 2.50. The first kappa shape index (κ1) is 33.3. The van der Waals surface area contributed by atoms with Gasteiger partial charge in [-0.2, -0.15) is 0 Å². The van der Waals surface area contributed by atoms with Gasteiger partial charge in [0.25, 0.3) is 0 Å². The fourth-order valence-corrected chi connectivity index (χ4v) is 10.9. The van der Waals surface area contributed by atoms with Crippen LogP contribution in [0.15, 0.2) is 224 Å². The molecule has 2 aliphatic rings. The summed E-state index contributed by atoms with van der Waals surface area (Å²) in [5.41, 5.74) is 15.9. The van der Waals surface area contributed by atoms with E-state index in [9.17, 15) is 0 Å². The Labute approximate surface area is 349 Å². The number of anilines is 3. The van der Waals surface area contributed by atoms with Crippen molar-refractivity contribution in [3.63, 3.8) is 0 Å². The van der Waals surface area contributed by atoms with Gasteiger partial charge in [0.05, 0.1) is 5.41 Å². The minimum Gasteiger partial charge on any atom is -0.310 e. The predicted octanol–water partition coefficient (Wildman–Crippen LogP) is 15.8. The highest BCUT2D eigenvalue weighted by Gasteiger charge is 2.51. The van der Waals surface area contributed by atoms with Crippen LogP contribution in [-0.4, -0.2) is 0 Å². The van der Waals surface area contributed by atoms with Crippen LogP contribution in [0.4, 0.5) is 17.1 Å². The molecule has 11 aromatic carbocycles. The summed E-state index contributed by atoms with van der Waals surface area (Å²) in [7, 11) is 0. The van der Waals surface area contributed by atoms with E-state index in [1.54, 1.807) is 0 Å². The van der Waals surface area contributed by atoms with Gasteiger partial charge in [0, 0.05) is 17.1 Å². The molecule has 11 aromatic rings. The molecule has 0 bridgehead atoms. The summed E-state index contributed by atoms with van der Waals surface area (Å²) < 4.78 is 0. The van der Waals surface area contributed by atoms with E-state index in [1.807, 2.05) is 0 Å². The minimum absolute atomic E-state index is 0.438. The number of nitrogens with zero attached hydrogens (tertiary/aromatic N) is 1. The van der Waals surface area contributed by atoms with Crippen LogP contribution in [0.2, 0.25) is 0 Å². The summed E-state index contributed by atoms with van der Waals surface area (Å²) in [4.78, 5) is 2.48. The van der Waals surface area contributed by atoms with Crippen molar-refractivity contribution in [3.05, 3.63) is 247 Å². The maximum absolute atomic E-state index is 2.50. The summed E-state index contributed by atoms with van der Waals surface area (Å²) in [5, 5.41) is 10.1. The highest BCUT2D eigenvalue weighted by molar-refractivity contribution is 6.25. The zero-order valence-corrected chi connectivity index (χ0v) is 32.8. The summed E-state index contributed by atoms with van der Waals surface area (Å²) in [6.07, 6.45) is 0. The van der Waals surface area contributed by atoms with Crippen LogP contribution in [0, 0.1) is 0 Å². The van der Waals surface area contributed by atoms with Crippen LogP contribution in [-0.2, 0) is 5.41 Å². The first-order valence-electron chi connectivity index (χ1n) is 20.9. The quantitative estimate of drug-likeness (QED) is 0.162. The number of hydrogen-bond donors (Lipinski definition) is 0. The van der Waals surface area contributed by atoms with Crippen molar-refractivity contribution in [2.45, 2.75) is 5.41 Å². The Morgan fingerprint density at radius 2 is 0.717 bits per heavy atom. The zero-order chi connectivity index (χ0) is 39.4. The SMILES string of the molecule is c1cc(-c2ccc3ccccc3c2)cc(N(c2ccc3c(c2)C2(c4ccccc4-c4ccccc42)c2ccccc2-3)c2ccc3c4ccccc4c4ccccc4c3c2)c1. The van der Waals surface area contributed by atoms with Gasteiger partial charge in [-0.15, -0.1) is 0 Å². The number of hydrogen-bond acceptors (Lipinski definition) is 1. The Bertz CT molecular complexity index is 3480. The lowest BCUT2D eigenvalue weighted by atomic mass is 9.70. The van der Waals surface area contributed by atoms with Crippen molar-refractivity contribution in [2.24, 2.45) is 0 Å². The van der Waals surface area contributed by atoms with Gasteiger partial charge in [0.2, 0.25) is 0 Å². The zero-order valence-electron chi connectivity index (χ0n) is 32.8. The van der Waals surface area contributed by atoms with E-state index in [4.69, 9.17) is 0 Å². The van der Waals surface area contributed by atoms with Gasteiger partial charge >= 0.3 is 0 Å². The van der Waals surface area contributed by atoms with Crippen molar-refractivity contribution in [1.82, 2.24) is 0 Å². The van der Waals surface area contributed by atoms with Crippen molar-refractivity contribution < 1.29 is 0 Å². The summed E-state index contributed by atoms with van der Waals surface area (Å²) in [6, 6.07) is 83.7. The van der Waals surface area contributed by atoms with E-state index in [0.717, 1.165) is 17.1 Å². The Morgan fingerprint density at radius 3 is 1.37 bits per heavy atom. The first-order valence-corrected chi connectivity index (χ1v) is 20.9. The lowest BCUT2D eigenvalue weighted by molar-refractivity contribution is 0.793. The highest BCUT2D eigenvalue weighted by Crippen LogP contribution is 2.63. The Kier molecular flexibility index (Phi) is 7.00. The van der Waals surface area contributed by atoms with Crippen molar-refractivity contribution in [3.8, 4) is 33.4 Å². The second kappa shape index (κ2) is 12.6. The topological polar surface area (TPSA) is 3.24 Å². The van der Waals surface area contributed by atoms with Crippen LogP contribution >= 0.6 is 0 Å². The molecule has 1 nitrogen and oxygen atoms in total. The van der Waals surface area contributed by atoms with E-state index in [-0.39, 0.29) is 0 Å². The fraction of sp³-hybridized carbons (Fsp3) is 0.0169. The molecule has 0 aromatic heterocycles. The van der Waals surface area contributed by atoms with Crippen molar-refractivity contribution in [2.75, 3.05) is 4.90 Å². The van der Waals surface area contributed by atoms with Crippen molar-refractivity contribution >= 4 is 60.2 Å². The highest BCUT2D eigenvalue weighted by atomic mass is 15.1. The second-order valence-corrected chi connectivity index (χ2v) is 16.4. The van der Waals surface area contributed by atoms with Gasteiger partial charge in [-0.25, -0.2) is 0 Å². The lowest BCUT2D eigenvalue weighted by Crippen LogP contribution is -2.26. The molecule has 0 heterocycles. The Balaban J connectivity index is 1.08. The molecule has 0 radical (unpaired) electrons. The van der Waals surface area contributed by atoms with Crippen LogP contribution in [0.1, 0.15) is 22.3 Å². The molecule has 2 aliphatic carbocycles. The van der Waals surface area contributed by atoms with Gasteiger partial charge < -0.3 is 4.90 Å². The van der Waals surface area contributed by atoms with Crippen LogP contribution in [0.5, 0.6) is 0 Å². The van der Waals surface area contributed by atoms with Crippen molar-refractivity contribution in [1.29, 1.82) is 0 Å². The third-order valence-electron chi connectivity index (χ3n) is 13.4. The lowest BCUT2D eigenvalue weighted by Gasteiger charge is -2.32. The summed E-state index contributed by atoms with van der Waals surface area (Å²) >= 11 is 0. The molecule has 0 amide bonds. The predicted molar refractivity (Wildman–Crippen MR) is 253 cm³/mol. The molecule has 60 heavy (non-hydrogen) atoms. The van der Waals surface area contributed by atoms with Crippen LogP contribution in [0.25, 0.3) is 76.5 Å². The van der Waals surface area contributed by atoms with Gasteiger partial charge in [0.15, 0.2) is 0 Å². The molecular formula is C59H37N. The van der Waals surface area contributed by atoms with Gasteiger partial charge in [-0.05, 0) is 141 Å². The molecule has 0 N–H and O–H groups in total. The smallest absolute Gasteiger partial charge is 0.0726 e. The van der Waals surface area contributed by atoms with Gasteiger partial charge in [-0.3, -0.25) is 0 Å². The third kappa shape index (κ3) is 4.58. The van der Waals surface area contributed by atoms with Gasteiger partial charge in [-0.1, -0.05) is 182 Å². The van der Waals surface area contributed by atoms with Gasteiger partial charge in [0.1, 0.15) is 0 Å². The minimum atomic E-state index is -0.438. The monoisotopic (exact) mass is 759 g/mol. The van der Waals surface area contributed by atoms with E-state index in [2.05, 4.69) is 229 Å². The standard InChI is InChI=1S/C59H37N/c1-2-15-39-34-41(29-28-38(39)14-1)40-16-13-17-42(35-40)60(43-30-32-49-47-20-4-3-18-45(47)46-19-5-6-21-48(46)54(49)36-43)44-31-33-53-52-24-9-12-27-57(52)59(58(53)37-44)55-25-10-7-22-50(55)51-23-8-11-26-56(51)59/h1-37H. The molecule has 278 valence electrons.